The fourth-order valence-electron chi connectivity index (χ4n) is 1.94. The summed E-state index contributed by atoms with van der Waals surface area (Å²) < 4.78 is 0. The second kappa shape index (κ2) is 5.53. The highest BCUT2D eigenvalue weighted by molar-refractivity contribution is 7.17. The molecule has 0 atom stereocenters. The second-order valence-corrected chi connectivity index (χ2v) is 6.45. The average Bonchev–Trinajstić information content (AvgIpc) is 3.16. The molecule has 2 nitrogen and oxygen atoms in total. The van der Waals surface area contributed by atoms with Crippen LogP contribution in [0.15, 0.2) is 48.5 Å². The van der Waals surface area contributed by atoms with E-state index in [2.05, 4.69) is 0 Å². The second-order valence-electron chi connectivity index (χ2n) is 4.22. The molecular formula is C16H10O2S2. The quantitative estimate of drug-likeness (QED) is 0.650. The number of carbonyl (C=O) groups excluding carboxylic acids is 2. The van der Waals surface area contributed by atoms with E-state index in [1.807, 2.05) is 48.5 Å². The lowest BCUT2D eigenvalue weighted by atomic mass is 10.1. The minimum absolute atomic E-state index is 0.734. The minimum Gasteiger partial charge on any atom is -0.297 e. The molecule has 0 bridgehead atoms. The SMILES string of the molecule is O=Cc1ccc(-c2ccc(-c3ccc(C=O)s3)cc2)s1. The van der Waals surface area contributed by atoms with Crippen LogP contribution in [-0.2, 0) is 0 Å². The van der Waals surface area contributed by atoms with Gasteiger partial charge in [-0.3, -0.25) is 9.59 Å². The first-order valence-corrected chi connectivity index (χ1v) is 7.64. The molecule has 4 heteroatoms. The Kier molecular flexibility index (Phi) is 3.58. The van der Waals surface area contributed by atoms with Gasteiger partial charge in [0.1, 0.15) is 0 Å². The van der Waals surface area contributed by atoms with Crippen LogP contribution in [0.5, 0.6) is 0 Å². The van der Waals surface area contributed by atoms with Gasteiger partial charge in [-0.15, -0.1) is 22.7 Å². The van der Waals surface area contributed by atoms with Crippen molar-refractivity contribution >= 4 is 35.2 Å². The van der Waals surface area contributed by atoms with Crippen molar-refractivity contribution in [1.82, 2.24) is 0 Å². The van der Waals surface area contributed by atoms with Crippen LogP contribution in [0.3, 0.4) is 0 Å². The third-order valence-electron chi connectivity index (χ3n) is 2.94. The molecule has 0 aliphatic carbocycles. The first-order valence-electron chi connectivity index (χ1n) is 6.01. The zero-order valence-electron chi connectivity index (χ0n) is 10.4. The molecule has 0 aliphatic heterocycles. The predicted octanol–water partition coefficient (Wildman–Crippen LogP) is 4.77. The van der Waals surface area contributed by atoms with Crippen LogP contribution < -0.4 is 0 Å². The monoisotopic (exact) mass is 298 g/mol. The number of hydrogen-bond acceptors (Lipinski definition) is 4. The molecule has 0 aliphatic rings. The molecule has 0 unspecified atom stereocenters. The van der Waals surface area contributed by atoms with E-state index in [0.29, 0.717) is 0 Å². The van der Waals surface area contributed by atoms with Gasteiger partial charge in [-0.05, 0) is 35.4 Å². The molecular weight excluding hydrogens is 288 g/mol. The summed E-state index contributed by atoms with van der Waals surface area (Å²) >= 11 is 2.97. The summed E-state index contributed by atoms with van der Waals surface area (Å²) in [6.07, 6.45) is 1.74. The van der Waals surface area contributed by atoms with Crippen LogP contribution in [0.25, 0.3) is 20.9 Å². The topological polar surface area (TPSA) is 34.1 Å². The van der Waals surface area contributed by atoms with E-state index in [9.17, 15) is 9.59 Å². The zero-order chi connectivity index (χ0) is 13.9. The molecule has 2 heterocycles. The highest BCUT2D eigenvalue weighted by atomic mass is 32.1. The van der Waals surface area contributed by atoms with Gasteiger partial charge >= 0.3 is 0 Å². The predicted molar refractivity (Wildman–Crippen MR) is 83.8 cm³/mol. The number of hydrogen-bond donors (Lipinski definition) is 0. The van der Waals surface area contributed by atoms with E-state index >= 15 is 0 Å². The summed E-state index contributed by atoms with van der Waals surface area (Å²) in [5.41, 5.74) is 2.19. The van der Waals surface area contributed by atoms with E-state index in [4.69, 9.17) is 0 Å². The van der Waals surface area contributed by atoms with Crippen molar-refractivity contribution < 1.29 is 9.59 Å². The molecule has 0 radical (unpaired) electrons. The Labute approximate surface area is 124 Å². The lowest BCUT2D eigenvalue weighted by Gasteiger charge is -2.00. The van der Waals surface area contributed by atoms with Gasteiger partial charge in [0, 0.05) is 9.75 Å². The molecule has 0 saturated carbocycles. The average molecular weight is 298 g/mol. The molecule has 1 aromatic carbocycles. The molecule has 0 saturated heterocycles. The van der Waals surface area contributed by atoms with E-state index in [1.165, 1.54) is 22.7 Å². The van der Waals surface area contributed by atoms with E-state index in [-0.39, 0.29) is 0 Å². The van der Waals surface area contributed by atoms with Gasteiger partial charge in [-0.25, -0.2) is 0 Å². The van der Waals surface area contributed by atoms with Crippen molar-refractivity contribution in [3.63, 3.8) is 0 Å². The molecule has 0 fully saturated rings. The number of rotatable bonds is 4. The standard InChI is InChI=1S/C16H10O2S2/c17-9-13-5-7-15(19-13)11-1-2-12(4-3-11)16-8-6-14(10-18)20-16/h1-10H. The van der Waals surface area contributed by atoms with Gasteiger partial charge in [0.2, 0.25) is 0 Å². The van der Waals surface area contributed by atoms with Crippen molar-refractivity contribution in [2.24, 2.45) is 0 Å². The smallest absolute Gasteiger partial charge is 0.160 e. The van der Waals surface area contributed by atoms with Crippen molar-refractivity contribution in [2.75, 3.05) is 0 Å². The highest BCUT2D eigenvalue weighted by Crippen LogP contribution is 2.31. The maximum atomic E-state index is 10.7. The maximum absolute atomic E-state index is 10.7. The van der Waals surface area contributed by atoms with Crippen LogP contribution in [0.4, 0.5) is 0 Å². The Morgan fingerprint density at radius 3 is 1.30 bits per heavy atom. The van der Waals surface area contributed by atoms with Crippen molar-refractivity contribution in [1.29, 1.82) is 0 Å². The van der Waals surface area contributed by atoms with Crippen LogP contribution in [0.1, 0.15) is 19.3 Å². The highest BCUT2D eigenvalue weighted by Gasteiger charge is 2.05. The van der Waals surface area contributed by atoms with E-state index in [0.717, 1.165) is 43.2 Å². The summed E-state index contributed by atoms with van der Waals surface area (Å²) in [4.78, 5) is 25.0. The van der Waals surface area contributed by atoms with Crippen LogP contribution >= 0.6 is 22.7 Å². The minimum atomic E-state index is 0.734. The van der Waals surface area contributed by atoms with Gasteiger partial charge in [0.25, 0.3) is 0 Å². The Balaban J connectivity index is 1.90. The Bertz CT molecular complexity index is 686. The summed E-state index contributed by atoms with van der Waals surface area (Å²) in [6, 6.07) is 15.7. The van der Waals surface area contributed by atoms with Gasteiger partial charge in [-0.1, -0.05) is 24.3 Å². The van der Waals surface area contributed by atoms with E-state index in [1.54, 1.807) is 0 Å². The Hall–Kier alpha value is -2.04. The molecule has 3 aromatic rings. The van der Waals surface area contributed by atoms with Crippen LogP contribution in [-0.4, -0.2) is 12.6 Å². The Morgan fingerprint density at radius 1 is 0.600 bits per heavy atom. The van der Waals surface area contributed by atoms with Crippen LogP contribution in [0.2, 0.25) is 0 Å². The number of benzene rings is 1. The third-order valence-corrected chi connectivity index (χ3v) is 5.06. The van der Waals surface area contributed by atoms with Gasteiger partial charge in [-0.2, -0.15) is 0 Å². The summed E-state index contributed by atoms with van der Waals surface area (Å²) in [5.74, 6) is 0. The lowest BCUT2D eigenvalue weighted by Crippen LogP contribution is -1.74. The molecule has 0 N–H and O–H groups in total. The summed E-state index contributed by atoms with van der Waals surface area (Å²) in [5, 5.41) is 0. The molecule has 0 amide bonds. The van der Waals surface area contributed by atoms with Crippen molar-refractivity contribution in [2.45, 2.75) is 0 Å². The molecule has 20 heavy (non-hydrogen) atoms. The lowest BCUT2D eigenvalue weighted by molar-refractivity contribution is 0.111. The molecule has 3 rings (SSSR count). The largest absolute Gasteiger partial charge is 0.297 e. The van der Waals surface area contributed by atoms with Gasteiger partial charge in [0.05, 0.1) is 9.75 Å². The number of thiophene rings is 2. The molecule has 98 valence electrons. The molecule has 0 spiro atoms. The first-order chi connectivity index (χ1) is 9.80. The van der Waals surface area contributed by atoms with Crippen molar-refractivity contribution in [3.05, 3.63) is 58.3 Å². The molecule has 2 aromatic heterocycles. The summed E-state index contributed by atoms with van der Waals surface area (Å²) in [7, 11) is 0. The fraction of sp³-hybridized carbons (Fsp3) is 0. The fourth-order valence-corrected chi connectivity index (χ4v) is 3.60. The van der Waals surface area contributed by atoms with E-state index < -0.39 is 0 Å². The number of aldehydes is 2. The zero-order valence-corrected chi connectivity index (χ0v) is 12.0. The van der Waals surface area contributed by atoms with Gasteiger partial charge in [0.15, 0.2) is 12.6 Å². The number of carbonyl (C=O) groups is 2. The Morgan fingerprint density at radius 2 is 1.00 bits per heavy atom. The third kappa shape index (κ3) is 2.48. The van der Waals surface area contributed by atoms with Crippen molar-refractivity contribution in [3.8, 4) is 20.9 Å². The normalized spacial score (nSPS) is 10.4. The van der Waals surface area contributed by atoms with Gasteiger partial charge < -0.3 is 0 Å². The summed E-state index contributed by atoms with van der Waals surface area (Å²) in [6.45, 7) is 0. The first kappa shape index (κ1) is 13.0. The van der Waals surface area contributed by atoms with Crippen LogP contribution in [0, 0.1) is 0 Å². The maximum Gasteiger partial charge on any atom is 0.160 e.